The first-order valence-electron chi connectivity index (χ1n) is 5.98. The molecule has 0 bridgehead atoms. The first-order chi connectivity index (χ1) is 8.44. The van der Waals surface area contributed by atoms with Gasteiger partial charge in [-0.2, -0.15) is 0 Å². The normalized spacial score (nSPS) is 21.5. The smallest absolute Gasteiger partial charge is 0.317 e. The van der Waals surface area contributed by atoms with Crippen molar-refractivity contribution >= 4 is 17.4 Å². The fraction of sp³-hybridized carbons (Fsp3) is 0.429. The van der Waals surface area contributed by atoms with Crippen LogP contribution in [0, 0.1) is 5.92 Å². The predicted octanol–water partition coefficient (Wildman–Crippen LogP) is 2.25. The van der Waals surface area contributed by atoms with Crippen molar-refractivity contribution < 1.29 is 14.3 Å². The van der Waals surface area contributed by atoms with Crippen LogP contribution in [0.2, 0.25) is 0 Å². The van der Waals surface area contributed by atoms with E-state index in [2.05, 4.69) is 5.32 Å². The van der Waals surface area contributed by atoms with Gasteiger partial charge in [-0.25, -0.2) is 0 Å². The molecule has 1 aromatic rings. The lowest BCUT2D eigenvalue weighted by Crippen LogP contribution is -2.20. The van der Waals surface area contributed by atoms with Gasteiger partial charge < -0.3 is 10.1 Å². The Kier molecular flexibility index (Phi) is 3.11. The van der Waals surface area contributed by atoms with Crippen molar-refractivity contribution in [3.8, 4) is 0 Å². The van der Waals surface area contributed by atoms with E-state index in [9.17, 15) is 9.59 Å². The summed E-state index contributed by atoms with van der Waals surface area (Å²) in [5.74, 6) is -1.28. The zero-order valence-corrected chi connectivity index (χ0v) is 10.8. The number of benzene rings is 1. The number of ether oxygens (including phenoxy) is 1. The van der Waals surface area contributed by atoms with Crippen molar-refractivity contribution in [2.75, 3.05) is 12.4 Å². The summed E-state index contributed by atoms with van der Waals surface area (Å²) in [5.41, 5.74) is 0.728. The van der Waals surface area contributed by atoms with Gasteiger partial charge in [0, 0.05) is 24.7 Å². The van der Waals surface area contributed by atoms with Crippen LogP contribution in [0.3, 0.4) is 0 Å². The number of rotatable bonds is 3. The molecule has 1 atom stereocenters. The third-order valence-corrected chi connectivity index (χ3v) is 3.14. The standard InChI is InChI=1S/C14H17NO3/c1-14(2)8-10(13(17)18-14)12(16)9-6-4-5-7-11(9)15-3/h4-7,10,15H,8H2,1-3H3. The van der Waals surface area contributed by atoms with Gasteiger partial charge in [0.1, 0.15) is 11.5 Å². The van der Waals surface area contributed by atoms with Crippen molar-refractivity contribution in [2.45, 2.75) is 25.9 Å². The molecule has 1 N–H and O–H groups in total. The summed E-state index contributed by atoms with van der Waals surface area (Å²) in [4.78, 5) is 24.1. The Hall–Kier alpha value is -1.84. The summed E-state index contributed by atoms with van der Waals surface area (Å²) in [6.45, 7) is 3.64. The Morgan fingerprint density at radius 3 is 2.61 bits per heavy atom. The van der Waals surface area contributed by atoms with E-state index in [1.807, 2.05) is 26.0 Å². The maximum absolute atomic E-state index is 12.4. The molecular formula is C14H17NO3. The average molecular weight is 247 g/mol. The van der Waals surface area contributed by atoms with Crippen LogP contribution in [0.15, 0.2) is 24.3 Å². The Morgan fingerprint density at radius 2 is 2.06 bits per heavy atom. The van der Waals surface area contributed by atoms with Crippen molar-refractivity contribution in [1.82, 2.24) is 0 Å². The van der Waals surface area contributed by atoms with Gasteiger partial charge in [-0.1, -0.05) is 12.1 Å². The summed E-state index contributed by atoms with van der Waals surface area (Å²) in [6, 6.07) is 7.18. The minimum atomic E-state index is -0.686. The van der Waals surface area contributed by atoms with Gasteiger partial charge in [-0.05, 0) is 26.0 Å². The lowest BCUT2D eigenvalue weighted by molar-refractivity contribution is -0.147. The van der Waals surface area contributed by atoms with Crippen LogP contribution in [-0.4, -0.2) is 24.4 Å². The van der Waals surface area contributed by atoms with Crippen LogP contribution < -0.4 is 5.32 Å². The van der Waals surface area contributed by atoms with Gasteiger partial charge >= 0.3 is 5.97 Å². The predicted molar refractivity (Wildman–Crippen MR) is 68.6 cm³/mol. The monoisotopic (exact) mass is 247 g/mol. The molecule has 0 aromatic heterocycles. The minimum absolute atomic E-state index is 0.171. The zero-order valence-electron chi connectivity index (χ0n) is 10.8. The van der Waals surface area contributed by atoms with Gasteiger partial charge in [-0.3, -0.25) is 9.59 Å². The highest BCUT2D eigenvalue weighted by atomic mass is 16.6. The molecule has 1 fully saturated rings. The number of nitrogens with one attached hydrogen (secondary N) is 1. The van der Waals surface area contributed by atoms with E-state index in [0.29, 0.717) is 12.0 Å². The summed E-state index contributed by atoms with van der Waals surface area (Å²) >= 11 is 0. The summed E-state index contributed by atoms with van der Waals surface area (Å²) in [6.07, 6.45) is 0.433. The zero-order chi connectivity index (χ0) is 13.3. The molecule has 96 valence electrons. The molecule has 2 rings (SSSR count). The van der Waals surface area contributed by atoms with Crippen molar-refractivity contribution in [2.24, 2.45) is 5.92 Å². The van der Waals surface area contributed by atoms with Crippen molar-refractivity contribution in [3.05, 3.63) is 29.8 Å². The molecule has 1 saturated heterocycles. The number of cyclic esters (lactones) is 1. The SMILES string of the molecule is CNc1ccccc1C(=O)C1CC(C)(C)OC1=O. The third kappa shape index (κ3) is 2.23. The number of hydrogen-bond donors (Lipinski definition) is 1. The van der Waals surface area contributed by atoms with Crippen LogP contribution in [-0.2, 0) is 9.53 Å². The molecule has 4 nitrogen and oxygen atoms in total. The Morgan fingerprint density at radius 1 is 1.39 bits per heavy atom. The van der Waals surface area contributed by atoms with E-state index >= 15 is 0 Å². The highest BCUT2D eigenvalue weighted by molar-refractivity contribution is 6.12. The molecule has 0 amide bonds. The molecule has 4 heteroatoms. The molecule has 1 unspecified atom stereocenters. The molecule has 18 heavy (non-hydrogen) atoms. The van der Waals surface area contributed by atoms with Crippen molar-refractivity contribution in [1.29, 1.82) is 0 Å². The number of Topliss-reactive ketones (excluding diaryl/α,β-unsaturated/α-hetero) is 1. The number of para-hydroxylation sites is 1. The van der Waals surface area contributed by atoms with Crippen LogP contribution in [0.4, 0.5) is 5.69 Å². The second-order valence-electron chi connectivity index (χ2n) is 5.10. The highest BCUT2D eigenvalue weighted by Gasteiger charge is 2.44. The number of esters is 1. The lowest BCUT2D eigenvalue weighted by Gasteiger charge is -2.14. The average Bonchev–Trinajstić information content (AvgIpc) is 2.62. The van der Waals surface area contributed by atoms with E-state index < -0.39 is 17.5 Å². The van der Waals surface area contributed by atoms with Gasteiger partial charge in [0.25, 0.3) is 0 Å². The van der Waals surface area contributed by atoms with Crippen LogP contribution >= 0.6 is 0 Å². The van der Waals surface area contributed by atoms with E-state index in [-0.39, 0.29) is 5.78 Å². The summed E-state index contributed by atoms with van der Waals surface area (Å²) in [7, 11) is 1.75. The van der Waals surface area contributed by atoms with Gasteiger partial charge in [-0.15, -0.1) is 0 Å². The summed E-state index contributed by atoms with van der Waals surface area (Å²) in [5, 5.41) is 2.96. The van der Waals surface area contributed by atoms with Crippen LogP contribution in [0.1, 0.15) is 30.6 Å². The molecule has 0 saturated carbocycles. The Balaban J connectivity index is 2.30. The molecular weight excluding hydrogens is 230 g/mol. The number of ketones is 1. The molecule has 1 aliphatic heterocycles. The maximum Gasteiger partial charge on any atom is 0.317 e. The third-order valence-electron chi connectivity index (χ3n) is 3.14. The van der Waals surface area contributed by atoms with E-state index in [1.54, 1.807) is 19.2 Å². The second-order valence-corrected chi connectivity index (χ2v) is 5.10. The van der Waals surface area contributed by atoms with Gasteiger partial charge in [0.15, 0.2) is 5.78 Å². The second kappa shape index (κ2) is 4.44. The maximum atomic E-state index is 12.4. The van der Waals surface area contributed by atoms with E-state index in [4.69, 9.17) is 4.74 Å². The molecule has 0 spiro atoms. The van der Waals surface area contributed by atoms with Crippen LogP contribution in [0.25, 0.3) is 0 Å². The first-order valence-corrected chi connectivity index (χ1v) is 5.98. The Bertz CT molecular complexity index is 494. The van der Waals surface area contributed by atoms with E-state index in [1.165, 1.54) is 0 Å². The molecule has 1 aliphatic rings. The molecule has 0 radical (unpaired) electrons. The molecule has 1 heterocycles. The number of carbonyl (C=O) groups is 2. The Labute approximate surface area is 106 Å². The lowest BCUT2D eigenvalue weighted by atomic mass is 9.90. The summed E-state index contributed by atoms with van der Waals surface area (Å²) < 4.78 is 5.20. The van der Waals surface area contributed by atoms with Gasteiger partial charge in [0.2, 0.25) is 0 Å². The fourth-order valence-electron chi connectivity index (χ4n) is 2.26. The van der Waals surface area contributed by atoms with E-state index in [0.717, 1.165) is 5.69 Å². The topological polar surface area (TPSA) is 55.4 Å². The van der Waals surface area contributed by atoms with Gasteiger partial charge in [0.05, 0.1) is 0 Å². The number of hydrogen-bond acceptors (Lipinski definition) is 4. The largest absolute Gasteiger partial charge is 0.459 e. The van der Waals surface area contributed by atoms with Crippen LogP contribution in [0.5, 0.6) is 0 Å². The number of anilines is 1. The quantitative estimate of drug-likeness (QED) is 0.505. The molecule has 1 aromatic carbocycles. The first kappa shape index (κ1) is 12.6. The highest BCUT2D eigenvalue weighted by Crippen LogP contribution is 2.33. The minimum Gasteiger partial charge on any atom is -0.459 e. The fourth-order valence-corrected chi connectivity index (χ4v) is 2.26. The molecule has 0 aliphatic carbocycles. The van der Waals surface area contributed by atoms with Crippen molar-refractivity contribution in [3.63, 3.8) is 0 Å². The number of carbonyl (C=O) groups excluding carboxylic acids is 2.